The van der Waals surface area contributed by atoms with Gasteiger partial charge in [-0.25, -0.2) is 9.97 Å². The number of pyridine rings is 1. The highest BCUT2D eigenvalue weighted by atomic mass is 35.5. The van der Waals surface area contributed by atoms with Crippen LogP contribution in [0.25, 0.3) is 5.82 Å². The van der Waals surface area contributed by atoms with Gasteiger partial charge in [0, 0.05) is 30.6 Å². The predicted molar refractivity (Wildman–Crippen MR) is 66.3 cm³/mol. The molecule has 0 atom stereocenters. The Morgan fingerprint density at radius 3 is 2.94 bits per heavy atom. The molecule has 0 radical (unpaired) electrons. The van der Waals surface area contributed by atoms with Crippen molar-refractivity contribution in [3.63, 3.8) is 0 Å². The minimum Gasteiger partial charge on any atom is -0.392 e. The van der Waals surface area contributed by atoms with Gasteiger partial charge in [-0.15, -0.1) is 0 Å². The summed E-state index contributed by atoms with van der Waals surface area (Å²) in [5.41, 5.74) is 0.674. The van der Waals surface area contributed by atoms with Gasteiger partial charge in [-0.3, -0.25) is 4.57 Å². The quantitative estimate of drug-likeness (QED) is 0.908. The molecule has 2 rings (SSSR count). The zero-order valence-electron chi connectivity index (χ0n) is 9.60. The molecule has 0 fully saturated rings. The Labute approximate surface area is 105 Å². The van der Waals surface area contributed by atoms with Gasteiger partial charge in [0.25, 0.3) is 0 Å². The van der Waals surface area contributed by atoms with Crippen molar-refractivity contribution in [2.75, 3.05) is 0 Å². The Morgan fingerprint density at radius 2 is 2.24 bits per heavy atom. The number of imidazole rings is 1. The number of aryl methyl sites for hydroxylation is 1. The Balaban J connectivity index is 2.42. The second-order valence-corrected chi connectivity index (χ2v) is 4.16. The lowest BCUT2D eigenvalue weighted by molar-refractivity contribution is 0.282. The summed E-state index contributed by atoms with van der Waals surface area (Å²) in [5, 5.41) is 9.66. The maximum atomic E-state index is 9.18. The number of aliphatic hydroxyl groups excluding tert-OH is 1. The molecular formula is C12H14ClN3O. The number of nitrogens with zero attached hydrogens (tertiary/aromatic N) is 3. The van der Waals surface area contributed by atoms with Gasteiger partial charge in [0.2, 0.25) is 0 Å². The average Bonchev–Trinajstić information content (AvgIpc) is 2.78. The van der Waals surface area contributed by atoms with Gasteiger partial charge in [-0.2, -0.15) is 0 Å². The molecule has 2 aromatic rings. The molecule has 17 heavy (non-hydrogen) atoms. The lowest BCUT2D eigenvalue weighted by Gasteiger charge is -2.08. The van der Waals surface area contributed by atoms with Gasteiger partial charge in [0.15, 0.2) is 0 Å². The monoisotopic (exact) mass is 251 g/mol. The summed E-state index contributed by atoms with van der Waals surface area (Å²) < 4.78 is 1.92. The number of aromatic nitrogens is 3. The minimum atomic E-state index is -0.0911. The molecule has 0 aliphatic heterocycles. The molecule has 1 N–H and O–H groups in total. The van der Waals surface area contributed by atoms with Crippen LogP contribution in [0, 0.1) is 0 Å². The summed E-state index contributed by atoms with van der Waals surface area (Å²) in [6.45, 7) is 2.01. The van der Waals surface area contributed by atoms with Crippen molar-refractivity contribution >= 4 is 11.6 Å². The topological polar surface area (TPSA) is 50.9 Å². The summed E-state index contributed by atoms with van der Waals surface area (Å²) in [4.78, 5) is 8.54. The standard InChI is InChI=1S/C12H14ClN3O/c1-2-3-11-14-4-5-16(11)12-6-9(8-17)10(13)7-15-12/h4-7,17H,2-3,8H2,1H3. The highest BCUT2D eigenvalue weighted by molar-refractivity contribution is 6.31. The molecule has 0 aromatic carbocycles. The summed E-state index contributed by atoms with van der Waals surface area (Å²) in [6, 6.07) is 1.78. The molecule has 0 aliphatic rings. The van der Waals surface area contributed by atoms with Crippen LogP contribution in [0.5, 0.6) is 0 Å². The van der Waals surface area contributed by atoms with Crippen LogP contribution in [0.3, 0.4) is 0 Å². The Kier molecular flexibility index (Phi) is 3.76. The van der Waals surface area contributed by atoms with Crippen LogP contribution in [0.4, 0.5) is 0 Å². The molecule has 90 valence electrons. The minimum absolute atomic E-state index is 0.0911. The fraction of sp³-hybridized carbons (Fsp3) is 0.333. The number of hydrogen-bond acceptors (Lipinski definition) is 3. The highest BCUT2D eigenvalue weighted by Gasteiger charge is 2.07. The number of halogens is 1. The zero-order valence-corrected chi connectivity index (χ0v) is 10.4. The number of rotatable bonds is 4. The molecule has 0 unspecified atom stereocenters. The van der Waals surface area contributed by atoms with Gasteiger partial charge in [0.05, 0.1) is 11.6 Å². The first-order chi connectivity index (χ1) is 8.26. The first kappa shape index (κ1) is 12.1. The third-order valence-corrected chi connectivity index (χ3v) is 2.87. The first-order valence-corrected chi connectivity index (χ1v) is 5.92. The average molecular weight is 252 g/mol. The molecule has 0 saturated heterocycles. The number of aliphatic hydroxyl groups is 1. The molecular weight excluding hydrogens is 238 g/mol. The molecule has 2 aromatic heterocycles. The van der Waals surface area contributed by atoms with E-state index in [4.69, 9.17) is 11.6 Å². The van der Waals surface area contributed by atoms with E-state index in [1.54, 1.807) is 18.5 Å². The fourth-order valence-electron chi connectivity index (χ4n) is 1.67. The lowest BCUT2D eigenvalue weighted by atomic mass is 10.2. The Bertz CT molecular complexity index is 510. The van der Waals surface area contributed by atoms with Crippen molar-refractivity contribution in [2.45, 2.75) is 26.4 Å². The maximum absolute atomic E-state index is 9.18. The van der Waals surface area contributed by atoms with Gasteiger partial charge < -0.3 is 5.11 Å². The van der Waals surface area contributed by atoms with Crippen molar-refractivity contribution in [2.24, 2.45) is 0 Å². The van der Waals surface area contributed by atoms with Crippen molar-refractivity contribution < 1.29 is 5.11 Å². The van der Waals surface area contributed by atoms with Crippen LogP contribution < -0.4 is 0 Å². The third-order valence-electron chi connectivity index (χ3n) is 2.53. The van der Waals surface area contributed by atoms with Crippen LogP contribution in [-0.4, -0.2) is 19.6 Å². The van der Waals surface area contributed by atoms with E-state index in [2.05, 4.69) is 16.9 Å². The van der Waals surface area contributed by atoms with Crippen LogP contribution >= 0.6 is 11.6 Å². The van der Waals surface area contributed by atoms with E-state index in [1.165, 1.54) is 0 Å². The van der Waals surface area contributed by atoms with Gasteiger partial charge in [-0.1, -0.05) is 18.5 Å². The molecule has 2 heterocycles. The predicted octanol–water partition coefficient (Wildman–Crippen LogP) is 2.37. The second-order valence-electron chi connectivity index (χ2n) is 3.76. The van der Waals surface area contributed by atoms with E-state index in [-0.39, 0.29) is 6.61 Å². The smallest absolute Gasteiger partial charge is 0.138 e. The normalized spacial score (nSPS) is 10.8. The van der Waals surface area contributed by atoms with Crippen molar-refractivity contribution in [1.29, 1.82) is 0 Å². The maximum Gasteiger partial charge on any atom is 0.138 e. The number of hydrogen-bond donors (Lipinski definition) is 1. The highest BCUT2D eigenvalue weighted by Crippen LogP contribution is 2.18. The van der Waals surface area contributed by atoms with Crippen molar-refractivity contribution in [1.82, 2.24) is 14.5 Å². The van der Waals surface area contributed by atoms with E-state index in [1.807, 2.05) is 10.8 Å². The molecule has 0 bridgehead atoms. The summed E-state index contributed by atoms with van der Waals surface area (Å²) in [6.07, 6.45) is 7.09. The lowest BCUT2D eigenvalue weighted by Crippen LogP contribution is -2.03. The fourth-order valence-corrected chi connectivity index (χ4v) is 1.84. The first-order valence-electron chi connectivity index (χ1n) is 5.54. The summed E-state index contributed by atoms with van der Waals surface area (Å²) in [5.74, 6) is 1.70. The Morgan fingerprint density at radius 1 is 1.41 bits per heavy atom. The van der Waals surface area contributed by atoms with E-state index >= 15 is 0 Å². The summed E-state index contributed by atoms with van der Waals surface area (Å²) >= 11 is 5.91. The second kappa shape index (κ2) is 5.29. The molecule has 0 saturated carbocycles. The third kappa shape index (κ3) is 2.48. The zero-order chi connectivity index (χ0) is 12.3. The van der Waals surface area contributed by atoms with Gasteiger partial charge >= 0.3 is 0 Å². The van der Waals surface area contributed by atoms with E-state index < -0.39 is 0 Å². The molecule has 0 aliphatic carbocycles. The SMILES string of the molecule is CCCc1nccn1-c1cc(CO)c(Cl)cn1. The molecule has 5 heteroatoms. The van der Waals surface area contributed by atoms with E-state index in [0.29, 0.717) is 10.6 Å². The van der Waals surface area contributed by atoms with Crippen molar-refractivity contribution in [3.05, 3.63) is 41.1 Å². The summed E-state index contributed by atoms with van der Waals surface area (Å²) in [7, 11) is 0. The van der Waals surface area contributed by atoms with Crippen molar-refractivity contribution in [3.8, 4) is 5.82 Å². The van der Waals surface area contributed by atoms with E-state index in [0.717, 1.165) is 24.5 Å². The van der Waals surface area contributed by atoms with Crippen LogP contribution in [0.1, 0.15) is 24.7 Å². The van der Waals surface area contributed by atoms with Crippen LogP contribution in [-0.2, 0) is 13.0 Å². The van der Waals surface area contributed by atoms with E-state index in [9.17, 15) is 5.11 Å². The molecule has 0 spiro atoms. The van der Waals surface area contributed by atoms with Crippen LogP contribution in [0.2, 0.25) is 5.02 Å². The van der Waals surface area contributed by atoms with Crippen LogP contribution in [0.15, 0.2) is 24.7 Å². The molecule has 4 nitrogen and oxygen atoms in total. The van der Waals surface area contributed by atoms with Gasteiger partial charge in [-0.05, 0) is 12.5 Å². The molecule has 0 amide bonds. The Hall–Kier alpha value is -1.39. The largest absolute Gasteiger partial charge is 0.392 e. The van der Waals surface area contributed by atoms with Gasteiger partial charge in [0.1, 0.15) is 11.6 Å².